The highest BCUT2D eigenvalue weighted by Gasteiger charge is 2.18. The Hall–Kier alpha value is -1.43. The molecule has 0 saturated heterocycles. The molecule has 1 amide bonds. The third-order valence-electron chi connectivity index (χ3n) is 2.75. The molecule has 0 saturated carbocycles. The molecule has 21 heavy (non-hydrogen) atoms. The van der Waals surface area contributed by atoms with Gasteiger partial charge in [0, 0.05) is 10.2 Å². The van der Waals surface area contributed by atoms with Crippen molar-refractivity contribution in [1.82, 2.24) is 0 Å². The van der Waals surface area contributed by atoms with Crippen LogP contribution in [0.15, 0.2) is 34.8 Å². The predicted octanol–water partition coefficient (Wildman–Crippen LogP) is 4.60. The average Bonchev–Trinajstić information content (AvgIpc) is 2.42. The van der Waals surface area contributed by atoms with Crippen molar-refractivity contribution in [3.8, 4) is 5.75 Å². The molecule has 2 aromatic rings. The minimum Gasteiger partial charge on any atom is -0.496 e. The molecule has 0 heterocycles. The maximum Gasteiger partial charge on any atom is 0.261 e. The molecule has 0 fully saturated rings. The van der Waals surface area contributed by atoms with Gasteiger partial charge in [-0.15, -0.1) is 0 Å². The number of nitrogens with one attached hydrogen (secondary N) is 1. The summed E-state index contributed by atoms with van der Waals surface area (Å²) in [6, 6.07) is 8.23. The van der Waals surface area contributed by atoms with E-state index in [0.717, 1.165) is 0 Å². The SMILES string of the molecule is COc1cccc(N)c1C(=O)Nc1c(Cl)cc(Br)cc1Cl. The number of amides is 1. The van der Waals surface area contributed by atoms with Gasteiger partial charge in [0.25, 0.3) is 5.91 Å². The molecule has 0 radical (unpaired) electrons. The Kier molecular flexibility index (Phi) is 4.98. The van der Waals surface area contributed by atoms with Gasteiger partial charge in [0.2, 0.25) is 0 Å². The third kappa shape index (κ3) is 3.43. The molecule has 0 bridgehead atoms. The molecular formula is C14H11BrCl2N2O2. The minimum atomic E-state index is -0.448. The number of halogens is 3. The molecule has 0 aliphatic carbocycles. The van der Waals surface area contributed by atoms with Gasteiger partial charge >= 0.3 is 0 Å². The van der Waals surface area contributed by atoms with Gasteiger partial charge < -0.3 is 15.8 Å². The number of hydrogen-bond acceptors (Lipinski definition) is 3. The van der Waals surface area contributed by atoms with Crippen molar-refractivity contribution in [2.24, 2.45) is 0 Å². The molecule has 110 valence electrons. The first kappa shape index (κ1) is 15.9. The number of carbonyl (C=O) groups excluding carboxylic acids is 1. The van der Waals surface area contributed by atoms with Crippen molar-refractivity contribution < 1.29 is 9.53 Å². The fourth-order valence-corrected chi connectivity index (χ4v) is 3.10. The zero-order chi connectivity index (χ0) is 15.6. The van der Waals surface area contributed by atoms with Crippen LogP contribution in [0.1, 0.15) is 10.4 Å². The smallest absolute Gasteiger partial charge is 0.261 e. The maximum atomic E-state index is 12.4. The van der Waals surface area contributed by atoms with Crippen molar-refractivity contribution in [1.29, 1.82) is 0 Å². The first-order valence-corrected chi connectivity index (χ1v) is 7.37. The van der Waals surface area contributed by atoms with Gasteiger partial charge in [-0.05, 0) is 24.3 Å². The number of benzene rings is 2. The van der Waals surface area contributed by atoms with Gasteiger partial charge in [-0.2, -0.15) is 0 Å². The number of carbonyl (C=O) groups is 1. The number of nitrogens with two attached hydrogens (primary N) is 1. The quantitative estimate of drug-likeness (QED) is 0.754. The van der Waals surface area contributed by atoms with Gasteiger partial charge in [-0.1, -0.05) is 45.2 Å². The molecule has 2 aromatic carbocycles. The van der Waals surface area contributed by atoms with Crippen LogP contribution in [0.25, 0.3) is 0 Å². The van der Waals surface area contributed by atoms with E-state index in [1.165, 1.54) is 7.11 Å². The highest BCUT2D eigenvalue weighted by atomic mass is 79.9. The number of rotatable bonds is 3. The normalized spacial score (nSPS) is 10.3. The van der Waals surface area contributed by atoms with Crippen LogP contribution in [0.2, 0.25) is 10.0 Å². The molecule has 0 atom stereocenters. The van der Waals surface area contributed by atoms with Gasteiger partial charge in [-0.3, -0.25) is 4.79 Å². The monoisotopic (exact) mass is 388 g/mol. The second kappa shape index (κ2) is 6.56. The summed E-state index contributed by atoms with van der Waals surface area (Å²) in [6.45, 7) is 0. The molecule has 0 aliphatic rings. The number of hydrogen-bond donors (Lipinski definition) is 2. The molecule has 4 nitrogen and oxygen atoms in total. The van der Waals surface area contributed by atoms with Crippen molar-refractivity contribution in [3.05, 3.63) is 50.4 Å². The number of methoxy groups -OCH3 is 1. The lowest BCUT2D eigenvalue weighted by atomic mass is 10.1. The van der Waals surface area contributed by atoms with Crippen molar-refractivity contribution in [2.45, 2.75) is 0 Å². The summed E-state index contributed by atoms with van der Waals surface area (Å²) in [5.74, 6) is -0.0760. The fourth-order valence-electron chi connectivity index (χ4n) is 1.80. The summed E-state index contributed by atoms with van der Waals surface area (Å²) in [7, 11) is 1.46. The first-order valence-electron chi connectivity index (χ1n) is 5.82. The summed E-state index contributed by atoms with van der Waals surface area (Å²) >= 11 is 15.4. The Morgan fingerprint density at radius 2 is 1.90 bits per heavy atom. The topological polar surface area (TPSA) is 64.3 Å². The number of anilines is 2. The number of nitrogen functional groups attached to an aromatic ring is 1. The second-order valence-electron chi connectivity index (χ2n) is 4.12. The van der Waals surface area contributed by atoms with Crippen LogP contribution in [0.4, 0.5) is 11.4 Å². The van der Waals surface area contributed by atoms with E-state index in [0.29, 0.717) is 31.6 Å². The molecular weight excluding hydrogens is 379 g/mol. The third-order valence-corrected chi connectivity index (χ3v) is 3.80. The zero-order valence-electron chi connectivity index (χ0n) is 10.9. The number of ether oxygens (including phenoxy) is 1. The van der Waals surface area contributed by atoms with Gasteiger partial charge in [0.05, 0.1) is 22.8 Å². The van der Waals surface area contributed by atoms with E-state index in [1.54, 1.807) is 30.3 Å². The largest absolute Gasteiger partial charge is 0.496 e. The molecule has 0 spiro atoms. The molecule has 3 N–H and O–H groups in total. The molecule has 0 unspecified atom stereocenters. The lowest BCUT2D eigenvalue weighted by Gasteiger charge is -2.13. The molecule has 0 aliphatic heterocycles. The Balaban J connectivity index is 2.40. The molecule has 7 heteroatoms. The van der Waals surface area contributed by atoms with Crippen LogP contribution in [0.3, 0.4) is 0 Å². The van der Waals surface area contributed by atoms with E-state index in [-0.39, 0.29) is 5.56 Å². The standard InChI is InChI=1S/C14H11BrCl2N2O2/c1-21-11-4-2-3-10(18)12(11)14(20)19-13-8(16)5-7(15)6-9(13)17/h2-6H,18H2,1H3,(H,19,20). The second-order valence-corrected chi connectivity index (χ2v) is 5.85. The van der Waals surface area contributed by atoms with Crippen LogP contribution in [-0.2, 0) is 0 Å². The van der Waals surface area contributed by atoms with Crippen LogP contribution in [-0.4, -0.2) is 13.0 Å². The van der Waals surface area contributed by atoms with Crippen molar-refractivity contribution >= 4 is 56.4 Å². The summed E-state index contributed by atoms with van der Waals surface area (Å²) in [6.07, 6.45) is 0. The summed E-state index contributed by atoms with van der Waals surface area (Å²) in [5, 5.41) is 3.29. The fraction of sp³-hybridized carbons (Fsp3) is 0.0714. The average molecular weight is 390 g/mol. The van der Waals surface area contributed by atoms with Gasteiger partial charge in [-0.25, -0.2) is 0 Å². The van der Waals surface area contributed by atoms with Crippen LogP contribution in [0, 0.1) is 0 Å². The minimum absolute atomic E-state index is 0.232. The summed E-state index contributed by atoms with van der Waals surface area (Å²) < 4.78 is 5.87. The van der Waals surface area contributed by atoms with Gasteiger partial charge in [0.15, 0.2) is 0 Å². The Morgan fingerprint density at radius 1 is 1.29 bits per heavy atom. The first-order chi connectivity index (χ1) is 9.93. The predicted molar refractivity (Wildman–Crippen MR) is 89.5 cm³/mol. The summed E-state index contributed by atoms with van der Waals surface area (Å²) in [5.41, 5.74) is 6.69. The van der Waals surface area contributed by atoms with Crippen LogP contribution in [0.5, 0.6) is 5.75 Å². The Morgan fingerprint density at radius 3 is 2.48 bits per heavy atom. The van der Waals surface area contributed by atoms with E-state index in [9.17, 15) is 4.79 Å². The maximum absolute atomic E-state index is 12.4. The lowest BCUT2D eigenvalue weighted by molar-refractivity contribution is 0.102. The highest BCUT2D eigenvalue weighted by molar-refractivity contribution is 9.10. The molecule has 0 aromatic heterocycles. The van der Waals surface area contributed by atoms with E-state index >= 15 is 0 Å². The van der Waals surface area contributed by atoms with Crippen molar-refractivity contribution in [3.63, 3.8) is 0 Å². The Bertz CT molecular complexity index is 684. The molecule has 2 rings (SSSR count). The van der Waals surface area contributed by atoms with E-state index in [4.69, 9.17) is 33.7 Å². The van der Waals surface area contributed by atoms with Gasteiger partial charge in [0.1, 0.15) is 11.3 Å². The van der Waals surface area contributed by atoms with Crippen molar-refractivity contribution in [2.75, 3.05) is 18.2 Å². The van der Waals surface area contributed by atoms with E-state index in [2.05, 4.69) is 21.2 Å². The lowest BCUT2D eigenvalue weighted by Crippen LogP contribution is -2.16. The zero-order valence-corrected chi connectivity index (χ0v) is 14.0. The highest BCUT2D eigenvalue weighted by Crippen LogP contribution is 2.35. The van der Waals surface area contributed by atoms with Crippen LogP contribution < -0.4 is 15.8 Å². The van der Waals surface area contributed by atoms with E-state index < -0.39 is 5.91 Å². The van der Waals surface area contributed by atoms with E-state index in [1.807, 2.05) is 0 Å². The Labute approximate surface area is 140 Å². The summed E-state index contributed by atoms with van der Waals surface area (Å²) in [4.78, 5) is 12.4. The van der Waals surface area contributed by atoms with Crippen LogP contribution >= 0.6 is 39.1 Å².